The zero-order valence-corrected chi connectivity index (χ0v) is 18.1. The van der Waals surface area contributed by atoms with Crippen molar-refractivity contribution in [3.05, 3.63) is 59.1 Å². The first-order valence-corrected chi connectivity index (χ1v) is 11.2. The number of hydrogen-bond donors (Lipinski definition) is 1. The molecule has 1 saturated heterocycles. The summed E-state index contributed by atoms with van der Waals surface area (Å²) in [4.78, 5) is 13.1. The van der Waals surface area contributed by atoms with Crippen LogP contribution in [0.2, 0.25) is 5.02 Å². The van der Waals surface area contributed by atoms with E-state index in [2.05, 4.69) is 5.32 Å². The van der Waals surface area contributed by atoms with Crippen LogP contribution >= 0.6 is 11.6 Å². The van der Waals surface area contributed by atoms with Crippen LogP contribution in [0.15, 0.2) is 53.4 Å². The number of benzene rings is 2. The van der Waals surface area contributed by atoms with E-state index >= 15 is 0 Å². The number of carbonyl (C=O) groups is 1. The second-order valence-electron chi connectivity index (χ2n) is 7.49. The van der Waals surface area contributed by atoms with E-state index < -0.39 is 15.4 Å². The lowest BCUT2D eigenvalue weighted by molar-refractivity contribution is -0.132. The zero-order valence-electron chi connectivity index (χ0n) is 16.5. The normalized spacial score (nSPS) is 20.2. The number of sulfonamides is 1. The summed E-state index contributed by atoms with van der Waals surface area (Å²) in [5.74, 6) is 0.567. The molecule has 0 saturated carbocycles. The van der Waals surface area contributed by atoms with Gasteiger partial charge in [0.25, 0.3) is 0 Å². The Bertz CT molecular complexity index is 978. The fourth-order valence-corrected chi connectivity index (χ4v) is 5.25. The predicted molar refractivity (Wildman–Crippen MR) is 112 cm³/mol. The van der Waals surface area contributed by atoms with Crippen LogP contribution < -0.4 is 10.1 Å². The Hall–Kier alpha value is -2.09. The number of ether oxygens (including phenoxy) is 1. The van der Waals surface area contributed by atoms with E-state index in [4.69, 9.17) is 16.3 Å². The van der Waals surface area contributed by atoms with Gasteiger partial charge in [0.05, 0.1) is 17.4 Å². The molecule has 1 fully saturated rings. The highest BCUT2D eigenvalue weighted by molar-refractivity contribution is 7.89. The largest absolute Gasteiger partial charge is 0.497 e. The first-order chi connectivity index (χ1) is 13.7. The molecule has 29 heavy (non-hydrogen) atoms. The summed E-state index contributed by atoms with van der Waals surface area (Å²) < 4.78 is 32.6. The molecule has 1 N–H and O–H groups in total. The lowest BCUT2D eigenvalue weighted by atomic mass is 9.82. The Balaban J connectivity index is 1.70. The lowest BCUT2D eigenvalue weighted by Crippen LogP contribution is -2.51. The van der Waals surface area contributed by atoms with E-state index in [1.807, 2.05) is 31.2 Å². The SMILES string of the molecule is COc1cccc(CNC(=O)C2(C)CCCN(S(=O)(=O)c3ccc(Cl)cc3)C2)c1. The molecule has 1 amide bonds. The summed E-state index contributed by atoms with van der Waals surface area (Å²) in [5, 5.41) is 3.42. The number of halogens is 1. The maximum absolute atomic E-state index is 13.0. The van der Waals surface area contributed by atoms with Gasteiger partial charge >= 0.3 is 0 Å². The number of hydrogen-bond acceptors (Lipinski definition) is 4. The van der Waals surface area contributed by atoms with Crippen molar-refractivity contribution in [2.24, 2.45) is 5.41 Å². The number of piperidine rings is 1. The van der Waals surface area contributed by atoms with Gasteiger partial charge in [0.1, 0.15) is 5.75 Å². The number of methoxy groups -OCH3 is 1. The lowest BCUT2D eigenvalue weighted by Gasteiger charge is -2.38. The molecule has 2 aromatic carbocycles. The van der Waals surface area contributed by atoms with Crippen molar-refractivity contribution in [2.45, 2.75) is 31.2 Å². The summed E-state index contributed by atoms with van der Waals surface area (Å²) in [6.45, 7) is 2.71. The highest BCUT2D eigenvalue weighted by atomic mass is 35.5. The van der Waals surface area contributed by atoms with Crippen molar-refractivity contribution < 1.29 is 17.9 Å². The van der Waals surface area contributed by atoms with Crippen LogP contribution in [0.5, 0.6) is 5.75 Å². The third-order valence-electron chi connectivity index (χ3n) is 5.25. The maximum atomic E-state index is 13.0. The Labute approximate surface area is 176 Å². The molecule has 8 heteroatoms. The zero-order chi connectivity index (χ0) is 21.1. The maximum Gasteiger partial charge on any atom is 0.243 e. The van der Waals surface area contributed by atoms with E-state index in [1.165, 1.54) is 16.4 Å². The van der Waals surface area contributed by atoms with Crippen LogP contribution in [-0.2, 0) is 21.4 Å². The molecule has 0 aliphatic carbocycles. The van der Waals surface area contributed by atoms with Crippen molar-refractivity contribution in [1.29, 1.82) is 0 Å². The van der Waals surface area contributed by atoms with Gasteiger partial charge in [0, 0.05) is 24.7 Å². The van der Waals surface area contributed by atoms with E-state index in [0.29, 0.717) is 31.0 Å². The van der Waals surface area contributed by atoms with Gasteiger partial charge in [-0.3, -0.25) is 4.79 Å². The average molecular weight is 437 g/mol. The molecule has 156 valence electrons. The molecule has 1 atom stereocenters. The van der Waals surface area contributed by atoms with Crippen LogP contribution in [0, 0.1) is 5.41 Å². The summed E-state index contributed by atoms with van der Waals surface area (Å²) >= 11 is 5.87. The van der Waals surface area contributed by atoms with Crippen LogP contribution in [0.25, 0.3) is 0 Å². The quantitative estimate of drug-likeness (QED) is 0.752. The minimum atomic E-state index is -3.68. The molecule has 0 spiro atoms. The van der Waals surface area contributed by atoms with Crippen LogP contribution in [-0.4, -0.2) is 38.8 Å². The summed E-state index contributed by atoms with van der Waals surface area (Å²) in [5.41, 5.74) is 0.124. The van der Waals surface area contributed by atoms with Gasteiger partial charge in [0.15, 0.2) is 0 Å². The first-order valence-electron chi connectivity index (χ1n) is 9.41. The van der Waals surface area contributed by atoms with Crippen molar-refractivity contribution in [3.8, 4) is 5.75 Å². The fraction of sp³-hybridized carbons (Fsp3) is 0.381. The topological polar surface area (TPSA) is 75.7 Å². The molecular weight excluding hydrogens is 412 g/mol. The minimum absolute atomic E-state index is 0.141. The van der Waals surface area contributed by atoms with Crippen LogP contribution in [0.1, 0.15) is 25.3 Å². The molecule has 0 radical (unpaired) electrons. The Morgan fingerprint density at radius 3 is 2.66 bits per heavy atom. The van der Waals surface area contributed by atoms with Crippen molar-refractivity contribution in [2.75, 3.05) is 20.2 Å². The number of nitrogens with one attached hydrogen (secondary N) is 1. The van der Waals surface area contributed by atoms with E-state index in [-0.39, 0.29) is 17.3 Å². The number of nitrogens with zero attached hydrogens (tertiary/aromatic N) is 1. The third kappa shape index (κ3) is 4.91. The van der Waals surface area contributed by atoms with Gasteiger partial charge in [-0.1, -0.05) is 23.7 Å². The fourth-order valence-electron chi connectivity index (χ4n) is 3.52. The Kier molecular flexibility index (Phi) is 6.51. The average Bonchev–Trinajstić information content (AvgIpc) is 2.72. The van der Waals surface area contributed by atoms with Gasteiger partial charge in [0.2, 0.25) is 15.9 Å². The molecule has 1 unspecified atom stereocenters. The Morgan fingerprint density at radius 2 is 1.97 bits per heavy atom. The number of amides is 1. The highest BCUT2D eigenvalue weighted by Gasteiger charge is 2.41. The van der Waals surface area contributed by atoms with Crippen LogP contribution in [0.3, 0.4) is 0 Å². The van der Waals surface area contributed by atoms with Crippen molar-refractivity contribution in [1.82, 2.24) is 9.62 Å². The first kappa shape index (κ1) is 21.6. The molecule has 1 aliphatic heterocycles. The van der Waals surface area contributed by atoms with Gasteiger partial charge < -0.3 is 10.1 Å². The molecule has 0 aromatic heterocycles. The highest BCUT2D eigenvalue weighted by Crippen LogP contribution is 2.33. The van der Waals surface area contributed by atoms with Gasteiger partial charge in [-0.05, 0) is 61.7 Å². The summed E-state index contributed by atoms with van der Waals surface area (Å²) in [6, 6.07) is 13.6. The van der Waals surface area contributed by atoms with Crippen molar-refractivity contribution >= 4 is 27.5 Å². The molecule has 1 heterocycles. The van der Waals surface area contributed by atoms with E-state index in [1.54, 1.807) is 19.2 Å². The standard InChI is InChI=1S/C21H25ClN2O4S/c1-21(20(25)23-14-16-5-3-6-18(13-16)28-2)11-4-12-24(15-21)29(26,27)19-9-7-17(22)8-10-19/h3,5-10,13H,4,11-12,14-15H2,1-2H3,(H,23,25). The van der Waals surface area contributed by atoms with E-state index in [0.717, 1.165) is 11.3 Å². The van der Waals surface area contributed by atoms with Gasteiger partial charge in [-0.25, -0.2) is 8.42 Å². The van der Waals surface area contributed by atoms with Crippen molar-refractivity contribution in [3.63, 3.8) is 0 Å². The second kappa shape index (κ2) is 8.73. The molecular formula is C21H25ClN2O4S. The molecule has 2 aromatic rings. The second-order valence-corrected chi connectivity index (χ2v) is 9.87. The molecule has 3 rings (SSSR count). The smallest absolute Gasteiger partial charge is 0.243 e. The predicted octanol–water partition coefficient (Wildman–Crippen LogP) is 3.46. The number of rotatable bonds is 6. The van der Waals surface area contributed by atoms with E-state index in [9.17, 15) is 13.2 Å². The molecule has 0 bridgehead atoms. The van der Waals surface area contributed by atoms with Gasteiger partial charge in [-0.2, -0.15) is 4.31 Å². The third-order valence-corrected chi connectivity index (χ3v) is 7.36. The molecule has 1 aliphatic rings. The van der Waals surface area contributed by atoms with Gasteiger partial charge in [-0.15, -0.1) is 0 Å². The minimum Gasteiger partial charge on any atom is -0.497 e. The Morgan fingerprint density at radius 1 is 1.24 bits per heavy atom. The summed E-state index contributed by atoms with van der Waals surface area (Å²) in [7, 11) is -2.09. The monoisotopic (exact) mass is 436 g/mol. The summed E-state index contributed by atoms with van der Waals surface area (Å²) in [6.07, 6.45) is 1.25. The number of carbonyl (C=O) groups excluding carboxylic acids is 1. The van der Waals surface area contributed by atoms with Crippen LogP contribution in [0.4, 0.5) is 0 Å². The molecule has 6 nitrogen and oxygen atoms in total.